The van der Waals surface area contributed by atoms with Gasteiger partial charge >= 0.3 is 0 Å². The molecule has 1 aromatic heterocycles. The SMILES string of the molecule is CCCCOc1noc2c1C(=O)[C@@]1(O[Si](C)(C)C(C)(C)C)C(O)=C3C(=O)c4c(c(OC)cc(NS(=O)(=O)CCN5CCCC5)c4OCCCC)C[C@H]3C[C@H]1[C@@H]2N(C)C. The van der Waals surface area contributed by atoms with Crippen LogP contribution in [0, 0.1) is 11.8 Å². The van der Waals surface area contributed by atoms with Gasteiger partial charge in [-0.05, 0) is 94.9 Å². The molecule has 2 N–H and O–H groups in total. The normalized spacial score (nSPS) is 23.7. The van der Waals surface area contributed by atoms with Crippen LogP contribution in [0.5, 0.6) is 17.4 Å². The number of nitrogens with zero attached hydrogens (tertiary/aromatic N) is 3. The molecule has 4 atom stereocenters. The minimum Gasteiger partial charge on any atom is -0.508 e. The first-order chi connectivity index (χ1) is 27.3. The third-order valence-electron chi connectivity index (χ3n) is 12.9. The van der Waals surface area contributed by atoms with Crippen molar-refractivity contribution in [3.05, 3.63) is 39.8 Å². The van der Waals surface area contributed by atoms with E-state index in [1.165, 1.54) is 7.11 Å². The van der Waals surface area contributed by atoms with Gasteiger partial charge in [0.1, 0.15) is 17.1 Å². The fraction of sp³-hybridized carbons (Fsp3) is 0.690. The summed E-state index contributed by atoms with van der Waals surface area (Å²) >= 11 is 0. The number of rotatable bonds is 17. The third-order valence-corrected chi connectivity index (χ3v) is 18.6. The Morgan fingerprint density at radius 1 is 1.07 bits per heavy atom. The second kappa shape index (κ2) is 16.9. The van der Waals surface area contributed by atoms with Gasteiger partial charge in [0.05, 0.1) is 43.4 Å². The van der Waals surface area contributed by atoms with E-state index in [2.05, 4.69) is 35.5 Å². The average molecular weight is 845 g/mol. The van der Waals surface area contributed by atoms with Crippen LogP contribution in [0.15, 0.2) is 21.9 Å². The number of hydrogen-bond acceptors (Lipinski definition) is 13. The molecule has 4 aliphatic rings. The quantitative estimate of drug-likeness (QED) is 0.120. The van der Waals surface area contributed by atoms with Crippen molar-refractivity contribution in [3.8, 4) is 17.4 Å². The number of hydrogen-bond donors (Lipinski definition) is 2. The Balaban J connectivity index is 1.55. The topological polar surface area (TPSA) is 170 Å². The summed E-state index contributed by atoms with van der Waals surface area (Å²) in [6, 6.07) is 1.01. The van der Waals surface area contributed by atoms with Crippen LogP contribution in [-0.4, -0.2) is 114 Å². The van der Waals surface area contributed by atoms with Gasteiger partial charge in [-0.3, -0.25) is 19.2 Å². The summed E-state index contributed by atoms with van der Waals surface area (Å²) in [5, 5.41) is 16.9. The first kappa shape index (κ1) is 44.1. The van der Waals surface area contributed by atoms with E-state index >= 15 is 9.59 Å². The summed E-state index contributed by atoms with van der Waals surface area (Å²) in [6.07, 6.45) is 5.66. The van der Waals surface area contributed by atoms with E-state index in [1.807, 2.05) is 45.9 Å². The molecule has 0 amide bonds. The average Bonchev–Trinajstić information content (AvgIpc) is 3.83. The summed E-state index contributed by atoms with van der Waals surface area (Å²) in [5.41, 5.74) is -1.08. The molecular formula is C42H64N4O10SSi. The molecular weight excluding hydrogens is 781 g/mol. The molecule has 6 rings (SSSR count). The van der Waals surface area contributed by atoms with Gasteiger partial charge in [0.2, 0.25) is 15.8 Å². The maximum atomic E-state index is 15.5. The Labute approximate surface area is 345 Å². The van der Waals surface area contributed by atoms with Crippen LogP contribution in [0.1, 0.15) is 118 Å². The lowest BCUT2D eigenvalue weighted by Gasteiger charge is -2.55. The first-order valence-electron chi connectivity index (χ1n) is 20.9. The van der Waals surface area contributed by atoms with E-state index in [1.54, 1.807) is 6.07 Å². The van der Waals surface area contributed by atoms with Gasteiger partial charge in [0, 0.05) is 29.7 Å². The largest absolute Gasteiger partial charge is 0.508 e. The second-order valence-corrected chi connectivity index (χ2v) is 24.6. The summed E-state index contributed by atoms with van der Waals surface area (Å²) in [4.78, 5) is 34.9. The Bertz CT molecular complexity index is 2020. The van der Waals surface area contributed by atoms with Crippen LogP contribution in [-0.2, 0) is 20.9 Å². The highest BCUT2D eigenvalue weighted by Crippen LogP contribution is 2.60. The maximum Gasteiger partial charge on any atom is 0.265 e. The number of ether oxygens (including phenoxy) is 3. The number of benzene rings is 1. The molecule has 1 aliphatic heterocycles. The van der Waals surface area contributed by atoms with E-state index in [9.17, 15) is 13.5 Å². The van der Waals surface area contributed by atoms with Gasteiger partial charge in [-0.2, -0.15) is 0 Å². The van der Waals surface area contributed by atoms with Crippen LogP contribution in [0.25, 0.3) is 0 Å². The molecule has 3 aliphatic carbocycles. The molecule has 0 saturated carbocycles. The number of aliphatic hydroxyl groups is 1. The number of aromatic nitrogens is 1. The van der Waals surface area contributed by atoms with E-state index in [4.69, 9.17) is 23.2 Å². The Morgan fingerprint density at radius 2 is 1.72 bits per heavy atom. The molecule has 0 spiro atoms. The molecule has 0 bridgehead atoms. The van der Waals surface area contributed by atoms with Gasteiger partial charge in [0.25, 0.3) is 5.88 Å². The first-order valence-corrected chi connectivity index (χ1v) is 25.5. The predicted molar refractivity (Wildman–Crippen MR) is 224 cm³/mol. The Morgan fingerprint density at radius 3 is 2.33 bits per heavy atom. The fourth-order valence-electron chi connectivity index (χ4n) is 8.77. The van der Waals surface area contributed by atoms with Gasteiger partial charge in [-0.1, -0.05) is 47.5 Å². The number of nitrogens with one attached hydrogen (secondary N) is 1. The maximum absolute atomic E-state index is 15.5. The van der Waals surface area contributed by atoms with Crippen molar-refractivity contribution in [2.75, 3.05) is 64.5 Å². The van der Waals surface area contributed by atoms with Crippen LogP contribution in [0.3, 0.4) is 0 Å². The molecule has 58 heavy (non-hydrogen) atoms. The van der Waals surface area contributed by atoms with Gasteiger partial charge < -0.3 is 33.2 Å². The van der Waals surface area contributed by atoms with Crippen molar-refractivity contribution in [1.82, 2.24) is 15.0 Å². The summed E-state index contributed by atoms with van der Waals surface area (Å²) in [6.45, 7) is 16.9. The zero-order valence-corrected chi connectivity index (χ0v) is 37.9. The number of sulfonamides is 1. The number of likely N-dealkylation sites (tertiary alicyclic amines) is 1. The second-order valence-electron chi connectivity index (χ2n) is 18.1. The Hall–Kier alpha value is -3.44. The molecule has 14 nitrogen and oxygen atoms in total. The van der Waals surface area contributed by atoms with Gasteiger partial charge in [-0.15, -0.1) is 0 Å². The molecule has 1 aromatic carbocycles. The molecule has 322 valence electrons. The summed E-state index contributed by atoms with van der Waals surface area (Å²) in [5.74, 6) is -2.16. The van der Waals surface area contributed by atoms with Crippen molar-refractivity contribution < 1.29 is 46.3 Å². The summed E-state index contributed by atoms with van der Waals surface area (Å²) in [7, 11) is -1.55. The number of fused-ring (bicyclic) bond motifs is 4. The van der Waals surface area contributed by atoms with Gasteiger partial charge in [0.15, 0.2) is 31.2 Å². The molecule has 0 radical (unpaired) electrons. The number of carbonyl (C=O) groups is 2. The highest BCUT2D eigenvalue weighted by Gasteiger charge is 2.67. The van der Waals surface area contributed by atoms with Crippen molar-refractivity contribution >= 4 is 35.6 Å². The predicted octanol–water partition coefficient (Wildman–Crippen LogP) is 7.33. The molecule has 1 fully saturated rings. The highest BCUT2D eigenvalue weighted by molar-refractivity contribution is 7.92. The molecule has 16 heteroatoms. The van der Waals surface area contributed by atoms with E-state index in [0.717, 1.165) is 45.2 Å². The molecule has 2 aromatic rings. The monoisotopic (exact) mass is 844 g/mol. The number of allylic oxidation sites excluding steroid dienone is 1. The lowest BCUT2D eigenvalue weighted by atomic mass is 9.58. The number of ketones is 2. The zero-order valence-electron chi connectivity index (χ0n) is 36.1. The van der Waals surface area contributed by atoms with E-state index < -0.39 is 64.2 Å². The summed E-state index contributed by atoms with van der Waals surface area (Å²) < 4.78 is 61.6. The lowest BCUT2D eigenvalue weighted by Crippen LogP contribution is -2.65. The lowest BCUT2D eigenvalue weighted by molar-refractivity contribution is -0.0480. The molecule has 1 saturated heterocycles. The van der Waals surface area contributed by atoms with Crippen molar-refractivity contribution in [1.29, 1.82) is 0 Å². The molecule has 2 heterocycles. The van der Waals surface area contributed by atoms with Crippen molar-refractivity contribution in [2.24, 2.45) is 11.8 Å². The van der Waals surface area contributed by atoms with Crippen LogP contribution in [0.2, 0.25) is 18.1 Å². The fourth-order valence-corrected chi connectivity index (χ4v) is 11.3. The van der Waals surface area contributed by atoms with Crippen LogP contribution >= 0.6 is 0 Å². The van der Waals surface area contributed by atoms with E-state index in [0.29, 0.717) is 36.6 Å². The van der Waals surface area contributed by atoms with Crippen LogP contribution in [0.4, 0.5) is 5.69 Å². The van der Waals surface area contributed by atoms with Crippen LogP contribution < -0.4 is 18.9 Å². The number of anilines is 1. The third kappa shape index (κ3) is 7.95. The highest BCUT2D eigenvalue weighted by atomic mass is 32.2. The minimum atomic E-state index is -3.89. The van der Waals surface area contributed by atoms with Crippen molar-refractivity contribution in [2.45, 2.75) is 116 Å². The van der Waals surface area contributed by atoms with E-state index in [-0.39, 0.29) is 59.2 Å². The smallest absolute Gasteiger partial charge is 0.265 e. The number of methoxy groups -OCH3 is 1. The number of Topliss-reactive ketones (excluding diaryl/α,β-unsaturated/α-hetero) is 2. The van der Waals surface area contributed by atoms with Crippen molar-refractivity contribution in [3.63, 3.8) is 0 Å². The minimum absolute atomic E-state index is 0.0372. The number of carbonyl (C=O) groups excluding carboxylic acids is 2. The number of aliphatic hydroxyl groups excluding tert-OH is 1. The standard InChI is InChI=1S/C42H64N4O10SSi/c1-11-13-20-53-36-29(44-57(50,51)22-19-46-17-15-16-18-46)25-30(52-8)27-23-26-24-28-34(45(6)7)37-33(40(43-55-37)54-21-14-12-2)39(49)42(28,56-58(9,10)41(3,4)5)38(48)31(26)35(47)32(27)36/h25-26,28,34,44,48H,11-24H2,1-10H3/t26-,28-,34-,42-/m0/s1. The Kier molecular flexibility index (Phi) is 12.9. The van der Waals surface area contributed by atoms with Gasteiger partial charge in [-0.25, -0.2) is 8.42 Å². The zero-order chi connectivity index (χ0) is 42.4. The molecule has 0 unspecified atom stereocenters. The number of unbranched alkanes of at least 4 members (excludes halogenated alkanes) is 2.